The van der Waals surface area contributed by atoms with E-state index in [1.807, 2.05) is 6.08 Å². The zero-order chi connectivity index (χ0) is 23.1. The summed E-state index contributed by atoms with van der Waals surface area (Å²) >= 11 is 0. The van der Waals surface area contributed by atoms with E-state index in [0.717, 1.165) is 38.5 Å². The van der Waals surface area contributed by atoms with Crippen LogP contribution in [-0.4, -0.2) is 52.5 Å². The van der Waals surface area contributed by atoms with Crippen molar-refractivity contribution < 1.29 is 34.5 Å². The number of hydrogen-bond donors (Lipinski definition) is 2. The van der Waals surface area contributed by atoms with Gasteiger partial charge in [0.2, 0.25) is 0 Å². The van der Waals surface area contributed by atoms with E-state index in [1.54, 1.807) is 6.08 Å². The monoisotopic (exact) mass is 443 g/mol. The smallest absolute Gasteiger partial charge is 0.305 e. The van der Waals surface area contributed by atoms with E-state index in [9.17, 15) is 29.9 Å². The molecule has 9 heteroatoms. The van der Waals surface area contributed by atoms with E-state index in [1.165, 1.54) is 0 Å². The number of ether oxygens (including phenoxy) is 1. The van der Waals surface area contributed by atoms with E-state index in [-0.39, 0.29) is 43.7 Å². The van der Waals surface area contributed by atoms with Crippen molar-refractivity contribution in [2.24, 2.45) is 11.8 Å². The number of aliphatic hydroxyl groups excluding tert-OH is 2. The van der Waals surface area contributed by atoms with Gasteiger partial charge in [-0.1, -0.05) is 57.6 Å². The van der Waals surface area contributed by atoms with E-state index in [4.69, 9.17) is 4.74 Å². The predicted octanol–water partition coefficient (Wildman–Crippen LogP) is 3.14. The Labute approximate surface area is 183 Å². The van der Waals surface area contributed by atoms with Gasteiger partial charge >= 0.3 is 5.97 Å². The number of unbranched alkanes of at least 4 members (excludes halogenated alkanes) is 5. The van der Waals surface area contributed by atoms with Crippen LogP contribution in [0.4, 0.5) is 0 Å². The van der Waals surface area contributed by atoms with Crippen LogP contribution in [0.2, 0.25) is 0 Å². The molecule has 1 fully saturated rings. The molecule has 9 nitrogen and oxygen atoms in total. The van der Waals surface area contributed by atoms with Crippen molar-refractivity contribution in [3.63, 3.8) is 0 Å². The molecule has 31 heavy (non-hydrogen) atoms. The molecular weight excluding hydrogens is 406 g/mol. The van der Waals surface area contributed by atoms with Crippen LogP contribution in [0, 0.1) is 22.0 Å². The fraction of sp³-hybridized carbons (Fsp3) is 0.818. The van der Waals surface area contributed by atoms with E-state index in [2.05, 4.69) is 11.8 Å². The minimum atomic E-state index is -0.933. The van der Waals surface area contributed by atoms with Gasteiger partial charge in [0, 0.05) is 24.7 Å². The molecule has 4 atom stereocenters. The lowest BCUT2D eigenvalue weighted by Gasteiger charge is -2.18. The third-order valence-corrected chi connectivity index (χ3v) is 5.58. The Kier molecular flexibility index (Phi) is 13.7. The van der Waals surface area contributed by atoms with Crippen LogP contribution in [0.15, 0.2) is 12.2 Å². The predicted molar refractivity (Wildman–Crippen MR) is 114 cm³/mol. The molecule has 1 aliphatic carbocycles. The van der Waals surface area contributed by atoms with Gasteiger partial charge in [0.25, 0.3) is 5.09 Å². The minimum Gasteiger partial charge on any atom is -0.464 e. The van der Waals surface area contributed by atoms with Gasteiger partial charge in [0.1, 0.15) is 19.0 Å². The van der Waals surface area contributed by atoms with E-state index < -0.39 is 23.3 Å². The van der Waals surface area contributed by atoms with Crippen molar-refractivity contribution in [3.05, 3.63) is 22.3 Å². The molecule has 0 aromatic carbocycles. The topological polar surface area (TPSA) is 136 Å². The molecule has 1 rings (SSSR count). The molecule has 178 valence electrons. The summed E-state index contributed by atoms with van der Waals surface area (Å²) in [4.78, 5) is 37.8. The lowest BCUT2D eigenvalue weighted by atomic mass is 9.88. The number of nitrogens with zero attached hydrogens (tertiary/aromatic N) is 1. The van der Waals surface area contributed by atoms with Crippen molar-refractivity contribution >= 4 is 11.8 Å². The first kappa shape index (κ1) is 27.0. The highest BCUT2D eigenvalue weighted by Crippen LogP contribution is 2.34. The third kappa shape index (κ3) is 11.8. The summed E-state index contributed by atoms with van der Waals surface area (Å²) in [6.45, 7) is 1.69. The molecular formula is C22H37NO8. The highest BCUT2D eigenvalue weighted by atomic mass is 17.0. The maximum absolute atomic E-state index is 12.3. The van der Waals surface area contributed by atoms with Crippen molar-refractivity contribution in [1.29, 1.82) is 0 Å². The van der Waals surface area contributed by atoms with Crippen LogP contribution >= 0.6 is 0 Å². The van der Waals surface area contributed by atoms with Crippen LogP contribution in [0.3, 0.4) is 0 Å². The summed E-state index contributed by atoms with van der Waals surface area (Å²) in [5, 5.41) is 29.3. The fourth-order valence-corrected chi connectivity index (χ4v) is 3.88. The Hall–Kier alpha value is -2.00. The van der Waals surface area contributed by atoms with Gasteiger partial charge in [0.15, 0.2) is 0 Å². The summed E-state index contributed by atoms with van der Waals surface area (Å²) < 4.78 is 4.83. The average molecular weight is 444 g/mol. The Morgan fingerprint density at radius 2 is 1.97 bits per heavy atom. The standard InChI is InChI=1S/C22H37NO8/c1-2-3-6-9-17(24)12-13-19-18(20(25)16-21(19)26)10-7-4-5-8-11-22(27)30-14-15-31-23(28)29/h12-13,17-19,21,24,26H,2-11,14-16H2,1H3/b13-12+/t17-,18+,19+,21+/m0/s1. The normalized spacial score (nSPS) is 22.0. The molecule has 0 amide bonds. The highest BCUT2D eigenvalue weighted by Gasteiger charge is 2.39. The SMILES string of the molecule is CCCCC[C@H](O)/C=C/[C@H]1[C@H](O)CC(=O)[C@@H]1CCCCCCC(=O)OCCO[N+](=O)[O-]. The maximum atomic E-state index is 12.3. The van der Waals surface area contributed by atoms with Gasteiger partial charge in [-0.25, -0.2) is 0 Å². The second-order valence-corrected chi connectivity index (χ2v) is 8.10. The first-order valence-electron chi connectivity index (χ1n) is 11.3. The van der Waals surface area contributed by atoms with Crippen LogP contribution in [-0.2, 0) is 19.2 Å². The first-order valence-corrected chi connectivity index (χ1v) is 11.3. The number of esters is 1. The number of carbonyl (C=O) groups excluding carboxylic acids is 2. The second-order valence-electron chi connectivity index (χ2n) is 8.10. The molecule has 0 aromatic heterocycles. The summed E-state index contributed by atoms with van der Waals surface area (Å²) in [6, 6.07) is 0. The van der Waals surface area contributed by atoms with Crippen LogP contribution in [0.1, 0.15) is 77.6 Å². The number of Topliss-reactive ketones (excluding diaryl/α,β-unsaturated/α-hetero) is 1. The van der Waals surface area contributed by atoms with Crippen molar-refractivity contribution in [2.45, 2.75) is 89.8 Å². The van der Waals surface area contributed by atoms with Gasteiger partial charge in [0.05, 0.1) is 12.2 Å². The lowest BCUT2D eigenvalue weighted by Crippen LogP contribution is -2.19. The number of hydrogen-bond acceptors (Lipinski definition) is 8. The molecule has 0 unspecified atom stereocenters. The maximum Gasteiger partial charge on any atom is 0.305 e. The van der Waals surface area contributed by atoms with E-state index in [0.29, 0.717) is 19.3 Å². The molecule has 0 heterocycles. The Balaban J connectivity index is 2.24. The van der Waals surface area contributed by atoms with Crippen molar-refractivity contribution in [2.75, 3.05) is 13.2 Å². The van der Waals surface area contributed by atoms with Gasteiger partial charge in [-0.15, -0.1) is 10.1 Å². The molecule has 1 aliphatic rings. The Morgan fingerprint density at radius 1 is 1.23 bits per heavy atom. The summed E-state index contributed by atoms with van der Waals surface area (Å²) in [6.07, 6.45) is 10.3. The second kappa shape index (κ2) is 15.8. The Morgan fingerprint density at radius 3 is 2.68 bits per heavy atom. The molecule has 0 spiro atoms. The largest absolute Gasteiger partial charge is 0.464 e. The number of aliphatic hydroxyl groups is 2. The third-order valence-electron chi connectivity index (χ3n) is 5.58. The number of ketones is 1. The fourth-order valence-electron chi connectivity index (χ4n) is 3.88. The van der Waals surface area contributed by atoms with E-state index >= 15 is 0 Å². The zero-order valence-corrected chi connectivity index (χ0v) is 18.4. The molecule has 0 bridgehead atoms. The summed E-state index contributed by atoms with van der Waals surface area (Å²) in [7, 11) is 0. The molecule has 1 saturated carbocycles. The average Bonchev–Trinajstić information content (AvgIpc) is 2.98. The quantitative estimate of drug-likeness (QED) is 0.115. The minimum absolute atomic E-state index is 0.0724. The molecule has 0 saturated heterocycles. The lowest BCUT2D eigenvalue weighted by molar-refractivity contribution is -0.757. The molecule has 2 N–H and O–H groups in total. The summed E-state index contributed by atoms with van der Waals surface area (Å²) in [5.41, 5.74) is 0. The summed E-state index contributed by atoms with van der Waals surface area (Å²) in [5.74, 6) is -0.808. The number of rotatable bonds is 17. The van der Waals surface area contributed by atoms with Gasteiger partial charge in [-0.3, -0.25) is 9.59 Å². The highest BCUT2D eigenvalue weighted by molar-refractivity contribution is 5.84. The van der Waals surface area contributed by atoms with Crippen LogP contribution < -0.4 is 0 Å². The molecule has 0 aliphatic heterocycles. The number of carbonyl (C=O) groups is 2. The van der Waals surface area contributed by atoms with Gasteiger partial charge < -0.3 is 19.8 Å². The molecule has 0 radical (unpaired) electrons. The van der Waals surface area contributed by atoms with Gasteiger partial charge in [-0.2, -0.15) is 0 Å². The Bertz CT molecular complexity index is 580. The van der Waals surface area contributed by atoms with Crippen LogP contribution in [0.5, 0.6) is 0 Å². The first-order chi connectivity index (χ1) is 14.8. The van der Waals surface area contributed by atoms with Crippen LogP contribution in [0.25, 0.3) is 0 Å². The zero-order valence-electron chi connectivity index (χ0n) is 18.4. The van der Waals surface area contributed by atoms with Gasteiger partial charge in [-0.05, 0) is 19.3 Å². The molecule has 0 aromatic rings. The van der Waals surface area contributed by atoms with Crippen molar-refractivity contribution in [1.82, 2.24) is 0 Å². The van der Waals surface area contributed by atoms with Crippen molar-refractivity contribution in [3.8, 4) is 0 Å².